The van der Waals surface area contributed by atoms with Gasteiger partial charge in [0.05, 0.1) is 0 Å². The van der Waals surface area contributed by atoms with E-state index < -0.39 is 0 Å². The average molecular weight is 387 g/mol. The van der Waals surface area contributed by atoms with Crippen LogP contribution in [0.2, 0.25) is 0 Å². The third kappa shape index (κ3) is 4.97. The van der Waals surface area contributed by atoms with Crippen LogP contribution in [0, 0.1) is 6.92 Å². The van der Waals surface area contributed by atoms with Crippen LogP contribution in [0.4, 0.5) is 11.5 Å². The first-order valence-electron chi connectivity index (χ1n) is 9.90. The predicted octanol–water partition coefficient (Wildman–Crippen LogP) is 3.49. The highest BCUT2D eigenvalue weighted by molar-refractivity contribution is 5.92. The molecule has 0 unspecified atom stereocenters. The van der Waals surface area contributed by atoms with Crippen LogP contribution in [0.1, 0.15) is 21.6 Å². The van der Waals surface area contributed by atoms with Gasteiger partial charge in [-0.3, -0.25) is 9.69 Å². The van der Waals surface area contributed by atoms with Crippen LogP contribution in [-0.2, 0) is 6.54 Å². The molecule has 0 radical (unpaired) electrons. The Morgan fingerprint density at radius 1 is 0.931 bits per heavy atom. The van der Waals surface area contributed by atoms with Gasteiger partial charge in [0.1, 0.15) is 0 Å². The number of rotatable bonds is 5. The van der Waals surface area contributed by atoms with Crippen LogP contribution < -0.4 is 5.32 Å². The Bertz CT molecular complexity index is 951. The summed E-state index contributed by atoms with van der Waals surface area (Å²) in [6.45, 7) is 6.09. The summed E-state index contributed by atoms with van der Waals surface area (Å²) in [5.74, 6) is 0.568. The molecule has 0 atom stereocenters. The normalized spacial score (nSPS) is 14.6. The van der Waals surface area contributed by atoms with E-state index in [4.69, 9.17) is 0 Å². The van der Waals surface area contributed by atoms with Gasteiger partial charge in [-0.1, -0.05) is 42.5 Å². The van der Waals surface area contributed by atoms with Crippen molar-refractivity contribution in [3.63, 3.8) is 0 Å². The average Bonchev–Trinajstić information content (AvgIpc) is 2.75. The van der Waals surface area contributed by atoms with Crippen molar-refractivity contribution in [2.45, 2.75) is 13.5 Å². The number of hydrogen-bond donors (Lipinski definition) is 1. The van der Waals surface area contributed by atoms with E-state index in [-0.39, 0.29) is 5.91 Å². The molecule has 0 spiro atoms. The smallest absolute Gasteiger partial charge is 0.274 e. The van der Waals surface area contributed by atoms with E-state index in [1.54, 1.807) is 12.1 Å². The lowest BCUT2D eigenvalue weighted by atomic mass is 10.2. The number of carbonyl (C=O) groups excluding carboxylic acids is 1. The highest BCUT2D eigenvalue weighted by Gasteiger charge is 2.23. The van der Waals surface area contributed by atoms with Gasteiger partial charge in [0.2, 0.25) is 0 Å². The van der Waals surface area contributed by atoms with E-state index in [2.05, 4.69) is 44.7 Å². The molecule has 2 heterocycles. The van der Waals surface area contributed by atoms with Crippen molar-refractivity contribution < 1.29 is 4.79 Å². The van der Waals surface area contributed by atoms with Gasteiger partial charge in [-0.2, -0.15) is 0 Å². The van der Waals surface area contributed by atoms with Crippen molar-refractivity contribution in [2.75, 3.05) is 31.5 Å². The molecule has 6 heteroatoms. The first-order chi connectivity index (χ1) is 14.2. The van der Waals surface area contributed by atoms with Gasteiger partial charge >= 0.3 is 0 Å². The summed E-state index contributed by atoms with van der Waals surface area (Å²) in [7, 11) is 0. The molecule has 0 saturated carbocycles. The summed E-state index contributed by atoms with van der Waals surface area (Å²) >= 11 is 0. The lowest BCUT2D eigenvalue weighted by molar-refractivity contribution is 0.0621. The van der Waals surface area contributed by atoms with Gasteiger partial charge in [0.15, 0.2) is 11.5 Å². The molecule has 6 nitrogen and oxygen atoms in total. The van der Waals surface area contributed by atoms with Crippen LogP contribution in [0.15, 0.2) is 66.7 Å². The molecule has 1 aliphatic heterocycles. The minimum Gasteiger partial charge on any atom is -0.339 e. The fourth-order valence-electron chi connectivity index (χ4n) is 3.50. The Labute approximate surface area is 171 Å². The maximum absolute atomic E-state index is 12.8. The SMILES string of the molecule is Cc1cccc(Nc2ccc(C(=O)N3CCN(Cc4ccccc4)CC3)nn2)c1. The number of carbonyl (C=O) groups is 1. The van der Waals surface area contributed by atoms with Gasteiger partial charge < -0.3 is 10.2 Å². The Kier molecular flexibility index (Phi) is 5.81. The quantitative estimate of drug-likeness (QED) is 0.726. The van der Waals surface area contributed by atoms with Crippen molar-refractivity contribution in [3.8, 4) is 0 Å². The molecule has 148 valence electrons. The lowest BCUT2D eigenvalue weighted by Gasteiger charge is -2.34. The largest absolute Gasteiger partial charge is 0.339 e. The molecular formula is C23H25N5O. The maximum Gasteiger partial charge on any atom is 0.274 e. The van der Waals surface area contributed by atoms with Crippen molar-refractivity contribution >= 4 is 17.4 Å². The number of aryl methyl sites for hydroxylation is 1. The van der Waals surface area contributed by atoms with Gasteiger partial charge in [0.25, 0.3) is 5.91 Å². The fraction of sp³-hybridized carbons (Fsp3) is 0.261. The summed E-state index contributed by atoms with van der Waals surface area (Å²) in [4.78, 5) is 17.0. The number of anilines is 2. The zero-order valence-corrected chi connectivity index (χ0v) is 16.6. The second-order valence-electron chi connectivity index (χ2n) is 7.35. The van der Waals surface area contributed by atoms with Crippen molar-refractivity contribution in [1.29, 1.82) is 0 Å². The molecule has 2 aromatic carbocycles. The van der Waals surface area contributed by atoms with Crippen molar-refractivity contribution in [1.82, 2.24) is 20.0 Å². The third-order valence-corrected chi connectivity index (χ3v) is 5.08. The van der Waals surface area contributed by atoms with E-state index >= 15 is 0 Å². The number of nitrogens with zero attached hydrogens (tertiary/aromatic N) is 4. The molecule has 1 N–H and O–H groups in total. The van der Waals surface area contributed by atoms with Crippen LogP contribution in [0.5, 0.6) is 0 Å². The topological polar surface area (TPSA) is 61.4 Å². The standard InChI is InChI=1S/C23H25N5O/c1-18-6-5-9-20(16-18)24-22-11-10-21(25-26-22)23(29)28-14-12-27(13-15-28)17-19-7-3-2-4-8-19/h2-11,16H,12-15,17H2,1H3,(H,24,26). The van der Waals surface area contributed by atoms with Gasteiger partial charge in [-0.25, -0.2) is 0 Å². The summed E-state index contributed by atoms with van der Waals surface area (Å²) in [5, 5.41) is 11.5. The third-order valence-electron chi connectivity index (χ3n) is 5.08. The van der Waals surface area contributed by atoms with Gasteiger partial charge in [-0.15, -0.1) is 10.2 Å². The van der Waals surface area contributed by atoms with E-state index in [0.717, 1.165) is 25.3 Å². The number of nitrogens with one attached hydrogen (secondary N) is 1. The summed E-state index contributed by atoms with van der Waals surface area (Å²) < 4.78 is 0. The van der Waals surface area contributed by atoms with Gasteiger partial charge in [-0.05, 0) is 42.3 Å². The highest BCUT2D eigenvalue weighted by Crippen LogP contribution is 2.16. The molecule has 1 aliphatic rings. The van der Waals surface area contributed by atoms with Crippen molar-refractivity contribution in [3.05, 3.63) is 83.6 Å². The first-order valence-corrected chi connectivity index (χ1v) is 9.90. The number of benzene rings is 2. The predicted molar refractivity (Wildman–Crippen MR) is 114 cm³/mol. The lowest BCUT2D eigenvalue weighted by Crippen LogP contribution is -2.48. The van der Waals surface area contributed by atoms with Crippen LogP contribution >= 0.6 is 0 Å². The summed E-state index contributed by atoms with van der Waals surface area (Å²) in [5.41, 5.74) is 3.81. The molecule has 1 fully saturated rings. The van der Waals surface area contributed by atoms with E-state index in [1.165, 1.54) is 11.1 Å². The maximum atomic E-state index is 12.8. The zero-order valence-electron chi connectivity index (χ0n) is 16.6. The summed E-state index contributed by atoms with van der Waals surface area (Å²) in [6.07, 6.45) is 0. The number of amides is 1. The summed E-state index contributed by atoms with van der Waals surface area (Å²) in [6, 6.07) is 22.0. The molecule has 4 rings (SSSR count). The number of aromatic nitrogens is 2. The van der Waals surface area contributed by atoms with Crippen LogP contribution in [-0.4, -0.2) is 52.1 Å². The fourth-order valence-corrected chi connectivity index (χ4v) is 3.50. The van der Waals surface area contributed by atoms with Crippen molar-refractivity contribution in [2.24, 2.45) is 0 Å². The van der Waals surface area contributed by atoms with E-state index in [0.29, 0.717) is 24.6 Å². The first kappa shape index (κ1) is 19.1. The minimum atomic E-state index is -0.0565. The molecule has 1 amide bonds. The molecule has 0 aliphatic carbocycles. The monoisotopic (exact) mass is 387 g/mol. The Morgan fingerprint density at radius 3 is 2.41 bits per heavy atom. The van der Waals surface area contributed by atoms with Crippen LogP contribution in [0.3, 0.4) is 0 Å². The van der Waals surface area contributed by atoms with Crippen LogP contribution in [0.25, 0.3) is 0 Å². The second kappa shape index (κ2) is 8.84. The molecule has 29 heavy (non-hydrogen) atoms. The minimum absolute atomic E-state index is 0.0565. The molecule has 3 aromatic rings. The van der Waals surface area contributed by atoms with Gasteiger partial charge in [0, 0.05) is 38.4 Å². The second-order valence-corrected chi connectivity index (χ2v) is 7.35. The Balaban J connectivity index is 1.32. The Morgan fingerprint density at radius 2 is 1.72 bits per heavy atom. The molecule has 1 saturated heterocycles. The molecular weight excluding hydrogens is 362 g/mol. The molecule has 1 aromatic heterocycles. The number of piperazine rings is 1. The Hall–Kier alpha value is -3.25. The van der Waals surface area contributed by atoms with E-state index in [1.807, 2.05) is 42.2 Å². The highest BCUT2D eigenvalue weighted by atomic mass is 16.2. The zero-order chi connectivity index (χ0) is 20.1. The number of hydrogen-bond acceptors (Lipinski definition) is 5. The van der Waals surface area contributed by atoms with E-state index in [9.17, 15) is 4.79 Å². The molecule has 0 bridgehead atoms.